The summed E-state index contributed by atoms with van der Waals surface area (Å²) in [5.74, 6) is 0.569. The zero-order valence-electron chi connectivity index (χ0n) is 11.1. The monoisotopic (exact) mass is 337 g/mol. The van der Waals surface area contributed by atoms with E-state index >= 15 is 0 Å². The summed E-state index contributed by atoms with van der Waals surface area (Å²) in [6.45, 7) is 5.17. The summed E-state index contributed by atoms with van der Waals surface area (Å²) in [7, 11) is 0. The van der Waals surface area contributed by atoms with Gasteiger partial charge in [0.25, 0.3) is 0 Å². The molecule has 0 aliphatic carbocycles. The van der Waals surface area contributed by atoms with Crippen LogP contribution in [0.1, 0.15) is 30.9 Å². The van der Waals surface area contributed by atoms with Gasteiger partial charge in [-0.2, -0.15) is 0 Å². The molecule has 0 fully saturated rings. The number of anilines is 1. The van der Waals surface area contributed by atoms with Gasteiger partial charge in [-0.05, 0) is 57.2 Å². The number of nitrogens with one attached hydrogen (secondary N) is 1. The lowest BCUT2D eigenvalue weighted by Gasteiger charge is -2.10. The van der Waals surface area contributed by atoms with E-state index in [4.69, 9.17) is 11.6 Å². The predicted molar refractivity (Wildman–Crippen MR) is 87.0 cm³/mol. The summed E-state index contributed by atoms with van der Waals surface area (Å²) in [4.78, 5) is 0. The van der Waals surface area contributed by atoms with Crippen molar-refractivity contribution >= 4 is 33.2 Å². The highest BCUT2D eigenvalue weighted by Crippen LogP contribution is 2.24. The fraction of sp³-hybridized carbons (Fsp3) is 0.250. The van der Waals surface area contributed by atoms with Crippen LogP contribution >= 0.6 is 27.5 Å². The Balaban J connectivity index is 2.00. The van der Waals surface area contributed by atoms with E-state index in [0.29, 0.717) is 5.92 Å². The molecule has 0 bridgehead atoms. The van der Waals surface area contributed by atoms with Gasteiger partial charge in [0.15, 0.2) is 0 Å². The van der Waals surface area contributed by atoms with Crippen molar-refractivity contribution in [2.45, 2.75) is 26.3 Å². The Kier molecular flexibility index (Phi) is 4.89. The Morgan fingerprint density at radius 1 is 1.11 bits per heavy atom. The number of hydrogen-bond donors (Lipinski definition) is 1. The number of hydrogen-bond acceptors (Lipinski definition) is 1. The minimum Gasteiger partial charge on any atom is -0.381 e. The van der Waals surface area contributed by atoms with Crippen molar-refractivity contribution in [3.8, 4) is 0 Å². The zero-order valence-corrected chi connectivity index (χ0v) is 13.4. The van der Waals surface area contributed by atoms with Crippen molar-refractivity contribution in [1.29, 1.82) is 0 Å². The van der Waals surface area contributed by atoms with Crippen LogP contribution in [0.2, 0.25) is 5.02 Å². The molecule has 3 heteroatoms. The van der Waals surface area contributed by atoms with Crippen LogP contribution in [0.5, 0.6) is 0 Å². The highest BCUT2D eigenvalue weighted by Gasteiger charge is 2.01. The van der Waals surface area contributed by atoms with E-state index < -0.39 is 0 Å². The third-order valence-corrected chi connectivity index (χ3v) is 4.29. The van der Waals surface area contributed by atoms with E-state index in [1.165, 1.54) is 11.1 Å². The van der Waals surface area contributed by atoms with Gasteiger partial charge in [-0.3, -0.25) is 0 Å². The molecule has 1 N–H and O–H groups in total. The molecule has 1 nitrogen and oxygen atoms in total. The molecular weight excluding hydrogens is 322 g/mol. The summed E-state index contributed by atoms with van der Waals surface area (Å²) in [6.07, 6.45) is 0. The van der Waals surface area contributed by atoms with Gasteiger partial charge in [-0.1, -0.05) is 43.6 Å². The standard InChI is InChI=1S/C16H17BrClN/c1-11(2)13-4-6-14(7-5-13)19-10-12-3-8-15(17)16(18)9-12/h3-9,11,19H,10H2,1-2H3. The van der Waals surface area contributed by atoms with Gasteiger partial charge in [0.05, 0.1) is 5.02 Å². The lowest BCUT2D eigenvalue weighted by molar-refractivity contribution is 0.867. The van der Waals surface area contributed by atoms with E-state index in [-0.39, 0.29) is 0 Å². The molecule has 0 spiro atoms. The first-order chi connectivity index (χ1) is 9.06. The summed E-state index contributed by atoms with van der Waals surface area (Å²) >= 11 is 9.47. The third kappa shape index (κ3) is 3.99. The second kappa shape index (κ2) is 6.44. The fourth-order valence-electron chi connectivity index (χ4n) is 1.84. The topological polar surface area (TPSA) is 12.0 Å². The highest BCUT2D eigenvalue weighted by molar-refractivity contribution is 9.10. The van der Waals surface area contributed by atoms with Crippen LogP contribution in [0.15, 0.2) is 46.9 Å². The zero-order chi connectivity index (χ0) is 13.8. The van der Waals surface area contributed by atoms with Crippen LogP contribution in [-0.4, -0.2) is 0 Å². The van der Waals surface area contributed by atoms with E-state index in [2.05, 4.69) is 65.4 Å². The number of benzene rings is 2. The van der Waals surface area contributed by atoms with Crippen LogP contribution < -0.4 is 5.32 Å². The van der Waals surface area contributed by atoms with Gasteiger partial charge in [-0.25, -0.2) is 0 Å². The number of halogens is 2. The van der Waals surface area contributed by atoms with Crippen molar-refractivity contribution < 1.29 is 0 Å². The molecule has 2 aromatic rings. The largest absolute Gasteiger partial charge is 0.381 e. The van der Waals surface area contributed by atoms with Gasteiger partial charge in [0, 0.05) is 16.7 Å². The molecule has 0 saturated heterocycles. The van der Waals surface area contributed by atoms with Gasteiger partial charge in [0.2, 0.25) is 0 Å². The average Bonchev–Trinajstić information content (AvgIpc) is 2.40. The summed E-state index contributed by atoms with van der Waals surface area (Å²) in [6, 6.07) is 14.6. The Labute approximate surface area is 128 Å². The maximum atomic E-state index is 6.08. The van der Waals surface area contributed by atoms with E-state index in [1.54, 1.807) is 0 Å². The molecule has 0 radical (unpaired) electrons. The minimum atomic E-state index is 0.569. The highest BCUT2D eigenvalue weighted by atomic mass is 79.9. The quantitative estimate of drug-likeness (QED) is 0.738. The Morgan fingerprint density at radius 3 is 2.37 bits per heavy atom. The van der Waals surface area contributed by atoms with Crippen LogP contribution in [-0.2, 0) is 6.54 Å². The molecule has 0 heterocycles. The maximum Gasteiger partial charge on any atom is 0.0551 e. The maximum absolute atomic E-state index is 6.08. The van der Waals surface area contributed by atoms with Gasteiger partial charge in [-0.15, -0.1) is 0 Å². The normalized spacial score (nSPS) is 10.8. The molecule has 2 aromatic carbocycles. The lowest BCUT2D eigenvalue weighted by Crippen LogP contribution is -1.99. The van der Waals surface area contributed by atoms with Gasteiger partial charge in [0.1, 0.15) is 0 Å². The van der Waals surface area contributed by atoms with Crippen molar-refractivity contribution in [2.24, 2.45) is 0 Å². The molecule has 0 saturated carbocycles. The SMILES string of the molecule is CC(C)c1ccc(NCc2ccc(Br)c(Cl)c2)cc1. The minimum absolute atomic E-state index is 0.569. The summed E-state index contributed by atoms with van der Waals surface area (Å²) < 4.78 is 0.930. The second-order valence-electron chi connectivity index (χ2n) is 4.88. The van der Waals surface area contributed by atoms with Crippen LogP contribution in [0.25, 0.3) is 0 Å². The number of rotatable bonds is 4. The molecule has 0 amide bonds. The van der Waals surface area contributed by atoms with Gasteiger partial charge < -0.3 is 5.32 Å². The molecule has 100 valence electrons. The molecule has 0 aromatic heterocycles. The second-order valence-corrected chi connectivity index (χ2v) is 6.14. The molecular formula is C16H17BrClN. The molecule has 0 atom stereocenters. The van der Waals surface area contributed by atoms with Crippen LogP contribution in [0.4, 0.5) is 5.69 Å². The van der Waals surface area contributed by atoms with E-state index in [9.17, 15) is 0 Å². The van der Waals surface area contributed by atoms with Crippen molar-refractivity contribution in [2.75, 3.05) is 5.32 Å². The van der Waals surface area contributed by atoms with E-state index in [1.807, 2.05) is 12.1 Å². The van der Waals surface area contributed by atoms with Crippen molar-refractivity contribution in [3.05, 3.63) is 63.1 Å². The molecule has 19 heavy (non-hydrogen) atoms. The van der Waals surface area contributed by atoms with Crippen LogP contribution in [0, 0.1) is 0 Å². The predicted octanol–water partition coefficient (Wildman–Crippen LogP) is 5.84. The average molecular weight is 339 g/mol. The first-order valence-electron chi connectivity index (χ1n) is 6.34. The van der Waals surface area contributed by atoms with Crippen molar-refractivity contribution in [1.82, 2.24) is 0 Å². The van der Waals surface area contributed by atoms with E-state index in [0.717, 1.165) is 21.7 Å². The van der Waals surface area contributed by atoms with Crippen molar-refractivity contribution in [3.63, 3.8) is 0 Å². The molecule has 0 aliphatic rings. The van der Waals surface area contributed by atoms with Crippen LogP contribution in [0.3, 0.4) is 0 Å². The fourth-order valence-corrected chi connectivity index (χ4v) is 2.29. The molecule has 0 unspecified atom stereocenters. The third-order valence-electron chi connectivity index (χ3n) is 3.06. The lowest BCUT2D eigenvalue weighted by atomic mass is 10.0. The Bertz CT molecular complexity index is 549. The molecule has 2 rings (SSSR count). The summed E-state index contributed by atoms with van der Waals surface area (Å²) in [5, 5.41) is 4.14. The van der Waals surface area contributed by atoms with Gasteiger partial charge >= 0.3 is 0 Å². The first-order valence-corrected chi connectivity index (χ1v) is 7.51. The first kappa shape index (κ1) is 14.4. The Morgan fingerprint density at radius 2 is 1.79 bits per heavy atom. The molecule has 0 aliphatic heterocycles. The smallest absolute Gasteiger partial charge is 0.0551 e. The Hall–Kier alpha value is -0.990. The summed E-state index contributed by atoms with van der Waals surface area (Å²) in [5.41, 5.74) is 3.65.